The molecule has 0 aromatic heterocycles. The first-order valence-electron chi connectivity index (χ1n) is 6.52. The Hall–Kier alpha value is 0.260. The predicted molar refractivity (Wildman–Crippen MR) is 76.5 cm³/mol. The minimum atomic E-state index is -2.80. The van der Waals surface area contributed by atoms with E-state index in [-0.39, 0.29) is 0 Å². The zero-order valence-electron chi connectivity index (χ0n) is 10.9. The van der Waals surface area contributed by atoms with Crippen molar-refractivity contribution in [1.29, 1.82) is 0 Å². The lowest BCUT2D eigenvalue weighted by atomic mass is 9.95. The maximum Gasteiger partial charge on any atom is 0.147 e. The van der Waals surface area contributed by atoms with Crippen LogP contribution >= 0.6 is 11.8 Å². The monoisotopic (exact) mass is 279 g/mol. The van der Waals surface area contributed by atoms with Crippen molar-refractivity contribution in [2.24, 2.45) is 5.92 Å². The van der Waals surface area contributed by atoms with Gasteiger partial charge in [-0.05, 0) is 49.7 Å². The molecule has 17 heavy (non-hydrogen) atoms. The number of hydrogen-bond acceptors (Lipinski definition) is 4. The summed E-state index contributed by atoms with van der Waals surface area (Å²) in [5.74, 6) is 3.57. The van der Waals surface area contributed by atoms with E-state index in [0.29, 0.717) is 11.8 Å². The van der Waals surface area contributed by atoms with E-state index in [1.807, 2.05) is 11.8 Å². The molecule has 0 aromatic rings. The van der Waals surface area contributed by atoms with E-state index in [9.17, 15) is 8.42 Å². The molecule has 1 fully saturated rings. The fourth-order valence-corrected chi connectivity index (χ4v) is 4.30. The zero-order valence-corrected chi connectivity index (χ0v) is 12.6. The van der Waals surface area contributed by atoms with Gasteiger partial charge in [0.05, 0.1) is 0 Å². The maximum atomic E-state index is 11.1. The first-order valence-corrected chi connectivity index (χ1v) is 9.73. The molecule has 2 unspecified atom stereocenters. The third-order valence-electron chi connectivity index (χ3n) is 3.22. The van der Waals surface area contributed by atoms with Crippen LogP contribution in [-0.2, 0) is 9.84 Å². The Morgan fingerprint density at radius 2 is 2.24 bits per heavy atom. The van der Waals surface area contributed by atoms with Gasteiger partial charge in [-0.1, -0.05) is 6.92 Å². The molecule has 2 atom stereocenters. The summed E-state index contributed by atoms with van der Waals surface area (Å²) in [6.07, 6.45) is 5.54. The number of sulfone groups is 1. The average molecular weight is 279 g/mol. The minimum Gasteiger partial charge on any atom is -0.314 e. The second-order valence-corrected chi connectivity index (χ2v) is 8.37. The Kier molecular flexibility index (Phi) is 6.89. The summed E-state index contributed by atoms with van der Waals surface area (Å²) in [5.41, 5.74) is 0. The van der Waals surface area contributed by atoms with Crippen molar-refractivity contribution < 1.29 is 8.42 Å². The summed E-state index contributed by atoms with van der Waals surface area (Å²) in [4.78, 5) is 0. The molecule has 1 N–H and O–H groups in total. The molecule has 0 spiro atoms. The van der Waals surface area contributed by atoms with Crippen LogP contribution in [0.1, 0.15) is 32.6 Å². The van der Waals surface area contributed by atoms with E-state index >= 15 is 0 Å². The smallest absolute Gasteiger partial charge is 0.147 e. The van der Waals surface area contributed by atoms with E-state index in [1.165, 1.54) is 24.2 Å². The number of hydrogen-bond donors (Lipinski definition) is 1. The Labute approximate surface area is 110 Å². The lowest BCUT2D eigenvalue weighted by molar-refractivity contribution is 0.360. The van der Waals surface area contributed by atoms with Crippen LogP contribution in [0.3, 0.4) is 0 Å². The van der Waals surface area contributed by atoms with Crippen LogP contribution in [0.5, 0.6) is 0 Å². The zero-order chi connectivity index (χ0) is 12.7. The number of thioether (sulfide) groups is 1. The van der Waals surface area contributed by atoms with Crippen LogP contribution < -0.4 is 5.32 Å². The van der Waals surface area contributed by atoms with Gasteiger partial charge in [-0.2, -0.15) is 11.8 Å². The van der Waals surface area contributed by atoms with Crippen LogP contribution in [0.4, 0.5) is 0 Å². The van der Waals surface area contributed by atoms with Gasteiger partial charge >= 0.3 is 0 Å². The Morgan fingerprint density at radius 3 is 2.76 bits per heavy atom. The van der Waals surface area contributed by atoms with E-state index in [2.05, 4.69) is 12.2 Å². The fraction of sp³-hybridized carbons (Fsp3) is 1.00. The van der Waals surface area contributed by atoms with E-state index in [4.69, 9.17) is 0 Å². The van der Waals surface area contributed by atoms with Crippen LogP contribution in [0.2, 0.25) is 0 Å². The molecule has 5 heteroatoms. The molecule has 0 amide bonds. The third-order valence-corrected chi connectivity index (χ3v) is 5.44. The number of nitrogens with one attached hydrogen (secondary N) is 1. The van der Waals surface area contributed by atoms with Gasteiger partial charge in [0.2, 0.25) is 0 Å². The summed E-state index contributed by atoms with van der Waals surface area (Å²) in [7, 11) is -2.80. The predicted octanol–water partition coefficient (Wildman–Crippen LogP) is 1.93. The fourth-order valence-electron chi connectivity index (χ4n) is 2.27. The molecule has 0 aliphatic carbocycles. The highest BCUT2D eigenvalue weighted by molar-refractivity contribution is 7.99. The van der Waals surface area contributed by atoms with Crippen LogP contribution in [-0.4, -0.2) is 44.5 Å². The van der Waals surface area contributed by atoms with Crippen LogP contribution in [0.25, 0.3) is 0 Å². The van der Waals surface area contributed by atoms with E-state index in [1.54, 1.807) is 0 Å². The van der Waals surface area contributed by atoms with Gasteiger partial charge in [0.1, 0.15) is 9.84 Å². The Balaban J connectivity index is 2.34. The van der Waals surface area contributed by atoms with E-state index < -0.39 is 9.84 Å². The molecule has 3 nitrogen and oxygen atoms in total. The molecule has 0 aromatic carbocycles. The molecule has 1 heterocycles. The molecule has 1 saturated heterocycles. The summed E-state index contributed by atoms with van der Waals surface area (Å²) < 4.78 is 22.2. The van der Waals surface area contributed by atoms with Crippen molar-refractivity contribution in [2.45, 2.75) is 38.6 Å². The molecule has 1 aliphatic heterocycles. The minimum absolute atomic E-state index is 0.331. The van der Waals surface area contributed by atoms with Gasteiger partial charge in [0.15, 0.2) is 0 Å². The highest BCUT2D eigenvalue weighted by Crippen LogP contribution is 2.28. The Morgan fingerprint density at radius 1 is 1.47 bits per heavy atom. The standard InChI is InChI=1S/C12H25NO2S2/c1-3-7-13-12(11-6-8-16-10-11)5-4-9-17(2,14)15/h11-13H,3-10H2,1-2H3. The first-order chi connectivity index (χ1) is 8.03. The van der Waals surface area contributed by atoms with Gasteiger partial charge in [0, 0.05) is 18.1 Å². The van der Waals surface area contributed by atoms with Crippen LogP contribution in [0.15, 0.2) is 0 Å². The highest BCUT2D eigenvalue weighted by Gasteiger charge is 2.24. The normalized spacial score (nSPS) is 22.8. The molecule has 1 aliphatic rings. The molecule has 102 valence electrons. The van der Waals surface area contributed by atoms with Gasteiger partial charge in [0.25, 0.3) is 0 Å². The van der Waals surface area contributed by atoms with Gasteiger partial charge in [-0.3, -0.25) is 0 Å². The second-order valence-electron chi connectivity index (χ2n) is 4.96. The summed E-state index contributed by atoms with van der Waals surface area (Å²) >= 11 is 2.02. The van der Waals surface area contributed by atoms with Crippen molar-refractivity contribution in [1.82, 2.24) is 5.32 Å². The quantitative estimate of drug-likeness (QED) is 0.737. The van der Waals surface area contributed by atoms with Crippen LogP contribution in [0, 0.1) is 5.92 Å². The molecular formula is C12H25NO2S2. The summed E-state index contributed by atoms with van der Waals surface area (Å²) in [5, 5.41) is 3.59. The third kappa shape index (κ3) is 6.67. The molecule has 0 saturated carbocycles. The molecule has 0 radical (unpaired) electrons. The number of rotatable bonds is 8. The van der Waals surface area contributed by atoms with Crippen molar-refractivity contribution in [2.75, 3.05) is 30.1 Å². The SMILES string of the molecule is CCCNC(CCCS(C)(=O)=O)C1CCSC1. The van der Waals surface area contributed by atoms with Gasteiger partial charge in [-0.15, -0.1) is 0 Å². The van der Waals surface area contributed by atoms with Crippen molar-refractivity contribution in [3.05, 3.63) is 0 Å². The highest BCUT2D eigenvalue weighted by atomic mass is 32.2. The van der Waals surface area contributed by atoms with Crippen molar-refractivity contribution >= 4 is 21.6 Å². The van der Waals surface area contributed by atoms with Gasteiger partial charge in [-0.25, -0.2) is 8.42 Å². The Bertz CT molecular complexity index is 298. The lowest BCUT2D eigenvalue weighted by Gasteiger charge is -2.24. The second kappa shape index (κ2) is 7.64. The molecule has 0 bridgehead atoms. The topological polar surface area (TPSA) is 46.2 Å². The summed E-state index contributed by atoms with van der Waals surface area (Å²) in [6.45, 7) is 3.22. The largest absolute Gasteiger partial charge is 0.314 e. The van der Waals surface area contributed by atoms with Crippen molar-refractivity contribution in [3.8, 4) is 0 Å². The molecule has 1 rings (SSSR count). The first kappa shape index (κ1) is 15.3. The molecular weight excluding hydrogens is 254 g/mol. The average Bonchev–Trinajstić information content (AvgIpc) is 2.74. The van der Waals surface area contributed by atoms with E-state index in [0.717, 1.165) is 31.7 Å². The maximum absolute atomic E-state index is 11.1. The summed E-state index contributed by atoms with van der Waals surface area (Å²) in [6, 6.07) is 0.520. The van der Waals surface area contributed by atoms with Crippen molar-refractivity contribution in [3.63, 3.8) is 0 Å². The lowest BCUT2D eigenvalue weighted by Crippen LogP contribution is -2.37. The van der Waals surface area contributed by atoms with Gasteiger partial charge < -0.3 is 5.32 Å².